The fourth-order valence-electron chi connectivity index (χ4n) is 3.88. The van der Waals surface area contributed by atoms with Gasteiger partial charge in [-0.25, -0.2) is 0 Å². The van der Waals surface area contributed by atoms with Gasteiger partial charge >= 0.3 is 0 Å². The molecule has 2 fully saturated rings. The molecule has 7 heteroatoms. The van der Waals surface area contributed by atoms with Crippen LogP contribution in [0.25, 0.3) is 0 Å². The Balaban J connectivity index is 1.34. The van der Waals surface area contributed by atoms with Crippen molar-refractivity contribution in [3.05, 3.63) is 29.8 Å². The number of hydrogen-bond acceptors (Lipinski definition) is 5. The van der Waals surface area contributed by atoms with E-state index in [9.17, 15) is 9.59 Å². The van der Waals surface area contributed by atoms with Crippen LogP contribution in [-0.4, -0.2) is 81.1 Å². The normalized spacial score (nSPS) is 19.3. The number of rotatable bonds is 7. The number of piperidine rings is 1. The molecule has 2 heterocycles. The number of benzene rings is 1. The second kappa shape index (κ2) is 10.5. The SMILES string of the molecule is CNC(=O)c1ccc(NC(=O)CN2CCC(CCN3CCOCC3)CC2)cc1. The minimum absolute atomic E-state index is 0.000500. The maximum absolute atomic E-state index is 12.3. The van der Waals surface area contributed by atoms with Gasteiger partial charge in [-0.2, -0.15) is 0 Å². The predicted octanol–water partition coefficient (Wildman–Crippen LogP) is 1.42. The topological polar surface area (TPSA) is 73.9 Å². The number of amides is 2. The summed E-state index contributed by atoms with van der Waals surface area (Å²) in [6.07, 6.45) is 3.58. The molecular formula is C21H32N4O3. The van der Waals surface area contributed by atoms with Gasteiger partial charge in [-0.3, -0.25) is 19.4 Å². The second-order valence-electron chi connectivity index (χ2n) is 7.67. The maximum atomic E-state index is 12.3. The highest BCUT2D eigenvalue weighted by Crippen LogP contribution is 2.21. The first-order valence-electron chi connectivity index (χ1n) is 10.3. The number of carbonyl (C=O) groups is 2. The largest absolute Gasteiger partial charge is 0.379 e. The molecule has 0 unspecified atom stereocenters. The zero-order valence-electron chi connectivity index (χ0n) is 16.8. The van der Waals surface area contributed by atoms with E-state index in [1.807, 2.05) is 0 Å². The fourth-order valence-corrected chi connectivity index (χ4v) is 3.88. The van der Waals surface area contributed by atoms with E-state index in [1.165, 1.54) is 25.8 Å². The van der Waals surface area contributed by atoms with E-state index in [-0.39, 0.29) is 11.8 Å². The van der Waals surface area contributed by atoms with Crippen molar-refractivity contribution in [2.24, 2.45) is 5.92 Å². The van der Waals surface area contributed by atoms with E-state index in [0.717, 1.165) is 51.0 Å². The van der Waals surface area contributed by atoms with Crippen molar-refractivity contribution in [3.8, 4) is 0 Å². The molecule has 2 amide bonds. The molecule has 0 radical (unpaired) electrons. The van der Waals surface area contributed by atoms with Gasteiger partial charge in [0.2, 0.25) is 5.91 Å². The summed E-state index contributed by atoms with van der Waals surface area (Å²) in [6, 6.07) is 6.96. The van der Waals surface area contributed by atoms with Crippen molar-refractivity contribution in [1.29, 1.82) is 0 Å². The van der Waals surface area contributed by atoms with Crippen molar-refractivity contribution >= 4 is 17.5 Å². The van der Waals surface area contributed by atoms with Crippen LogP contribution in [0.5, 0.6) is 0 Å². The third kappa shape index (κ3) is 6.29. The standard InChI is InChI=1S/C21H32N4O3/c1-22-21(27)18-2-4-19(5-3-18)23-20(26)16-25-10-7-17(8-11-25)6-9-24-12-14-28-15-13-24/h2-5,17H,6-16H2,1H3,(H,22,27)(H,23,26). The average molecular weight is 389 g/mol. The highest BCUT2D eigenvalue weighted by molar-refractivity contribution is 5.96. The van der Waals surface area contributed by atoms with Gasteiger partial charge in [0.25, 0.3) is 5.91 Å². The molecule has 1 aromatic carbocycles. The number of morpholine rings is 1. The molecule has 1 aromatic rings. The van der Waals surface area contributed by atoms with E-state index >= 15 is 0 Å². The summed E-state index contributed by atoms with van der Waals surface area (Å²) in [7, 11) is 1.60. The van der Waals surface area contributed by atoms with Crippen LogP contribution < -0.4 is 10.6 Å². The van der Waals surface area contributed by atoms with Gasteiger partial charge in [0, 0.05) is 31.4 Å². The summed E-state index contributed by atoms with van der Waals surface area (Å²) in [5.74, 6) is 0.633. The molecule has 0 atom stereocenters. The zero-order chi connectivity index (χ0) is 19.8. The first-order valence-corrected chi connectivity index (χ1v) is 10.3. The molecule has 2 N–H and O–H groups in total. The summed E-state index contributed by atoms with van der Waals surface area (Å²) in [5, 5.41) is 5.51. The summed E-state index contributed by atoms with van der Waals surface area (Å²) < 4.78 is 5.40. The summed E-state index contributed by atoms with van der Waals surface area (Å²) >= 11 is 0. The van der Waals surface area contributed by atoms with Crippen molar-refractivity contribution in [1.82, 2.24) is 15.1 Å². The van der Waals surface area contributed by atoms with Crippen LogP contribution in [0.15, 0.2) is 24.3 Å². The van der Waals surface area contributed by atoms with Crippen LogP contribution >= 0.6 is 0 Å². The van der Waals surface area contributed by atoms with Gasteiger partial charge < -0.3 is 15.4 Å². The van der Waals surface area contributed by atoms with Crippen LogP contribution in [0.3, 0.4) is 0 Å². The quantitative estimate of drug-likeness (QED) is 0.739. The van der Waals surface area contributed by atoms with Crippen molar-refractivity contribution in [2.45, 2.75) is 19.3 Å². The van der Waals surface area contributed by atoms with Crippen molar-refractivity contribution < 1.29 is 14.3 Å². The van der Waals surface area contributed by atoms with Gasteiger partial charge in [-0.15, -0.1) is 0 Å². The van der Waals surface area contributed by atoms with E-state index < -0.39 is 0 Å². The Hall–Kier alpha value is -1.96. The van der Waals surface area contributed by atoms with Crippen molar-refractivity contribution in [2.75, 3.05) is 64.8 Å². The van der Waals surface area contributed by atoms with Gasteiger partial charge in [-0.1, -0.05) is 0 Å². The average Bonchev–Trinajstić information content (AvgIpc) is 2.74. The third-order valence-corrected chi connectivity index (χ3v) is 5.69. The van der Waals surface area contributed by atoms with Gasteiger partial charge in [0.15, 0.2) is 0 Å². The van der Waals surface area contributed by atoms with Gasteiger partial charge in [-0.05, 0) is 69.1 Å². The molecule has 28 heavy (non-hydrogen) atoms. The Morgan fingerprint density at radius 3 is 2.36 bits per heavy atom. The highest BCUT2D eigenvalue weighted by Gasteiger charge is 2.22. The number of hydrogen-bond donors (Lipinski definition) is 2. The number of nitrogens with one attached hydrogen (secondary N) is 2. The number of ether oxygens (including phenoxy) is 1. The number of anilines is 1. The molecule has 0 saturated carbocycles. The summed E-state index contributed by atoms with van der Waals surface area (Å²) in [5.41, 5.74) is 1.30. The van der Waals surface area contributed by atoms with Crippen LogP contribution in [0.1, 0.15) is 29.6 Å². The Bertz CT molecular complexity index is 636. The lowest BCUT2D eigenvalue weighted by Crippen LogP contribution is -2.41. The third-order valence-electron chi connectivity index (χ3n) is 5.69. The Morgan fingerprint density at radius 1 is 1.04 bits per heavy atom. The predicted molar refractivity (Wildman–Crippen MR) is 110 cm³/mol. The van der Waals surface area contributed by atoms with Crippen LogP contribution in [0.4, 0.5) is 5.69 Å². The number of likely N-dealkylation sites (tertiary alicyclic amines) is 1. The molecule has 0 spiro atoms. The molecule has 7 nitrogen and oxygen atoms in total. The molecule has 0 aliphatic carbocycles. The van der Waals surface area contributed by atoms with Gasteiger partial charge in [0.1, 0.15) is 0 Å². The highest BCUT2D eigenvalue weighted by atomic mass is 16.5. The lowest BCUT2D eigenvalue weighted by molar-refractivity contribution is -0.117. The first-order chi connectivity index (χ1) is 13.6. The zero-order valence-corrected chi connectivity index (χ0v) is 16.8. The summed E-state index contributed by atoms with van der Waals surface area (Å²) in [4.78, 5) is 28.6. The monoisotopic (exact) mass is 388 g/mol. The molecule has 0 aromatic heterocycles. The lowest BCUT2D eigenvalue weighted by atomic mass is 9.93. The molecule has 154 valence electrons. The van der Waals surface area contributed by atoms with E-state index in [0.29, 0.717) is 12.1 Å². The van der Waals surface area contributed by atoms with E-state index in [1.54, 1.807) is 31.3 Å². The van der Waals surface area contributed by atoms with Crippen molar-refractivity contribution in [3.63, 3.8) is 0 Å². The second-order valence-corrected chi connectivity index (χ2v) is 7.67. The molecule has 3 rings (SSSR count). The minimum Gasteiger partial charge on any atom is -0.379 e. The molecule has 2 saturated heterocycles. The first kappa shape index (κ1) is 20.8. The van der Waals surface area contributed by atoms with E-state index in [4.69, 9.17) is 4.74 Å². The number of nitrogens with zero attached hydrogens (tertiary/aromatic N) is 2. The molecule has 0 bridgehead atoms. The minimum atomic E-state index is -0.130. The Labute approximate surface area is 167 Å². The molecule has 2 aliphatic heterocycles. The van der Waals surface area contributed by atoms with E-state index in [2.05, 4.69) is 20.4 Å². The fraction of sp³-hybridized carbons (Fsp3) is 0.619. The van der Waals surface area contributed by atoms with Crippen LogP contribution in [0, 0.1) is 5.92 Å². The van der Waals surface area contributed by atoms with Gasteiger partial charge in [0.05, 0.1) is 19.8 Å². The Kier molecular flexibility index (Phi) is 7.82. The Morgan fingerprint density at radius 2 is 1.71 bits per heavy atom. The summed E-state index contributed by atoms with van der Waals surface area (Å²) in [6.45, 7) is 7.40. The lowest BCUT2D eigenvalue weighted by Gasteiger charge is -2.33. The number of carbonyl (C=O) groups excluding carboxylic acids is 2. The van der Waals surface area contributed by atoms with Crippen LogP contribution in [-0.2, 0) is 9.53 Å². The molecular weight excluding hydrogens is 356 g/mol. The van der Waals surface area contributed by atoms with Crippen LogP contribution in [0.2, 0.25) is 0 Å². The maximum Gasteiger partial charge on any atom is 0.251 e. The molecule has 2 aliphatic rings. The smallest absolute Gasteiger partial charge is 0.251 e.